The Balaban J connectivity index is 1.61. The molecule has 0 aliphatic rings. The Kier molecular flexibility index (Phi) is 5.63. The van der Waals surface area contributed by atoms with E-state index >= 15 is 0 Å². The molecule has 134 valence electrons. The number of thiazole rings is 1. The van der Waals surface area contributed by atoms with Gasteiger partial charge in [0.15, 0.2) is 0 Å². The fraction of sp³-hybridized carbons (Fsp3) is 0.250. The third-order valence-corrected chi connectivity index (χ3v) is 5.19. The number of nitrogens with zero attached hydrogens (tertiary/aromatic N) is 2. The average molecular weight is 367 g/mol. The molecule has 0 fully saturated rings. The van der Waals surface area contributed by atoms with Crippen molar-refractivity contribution in [1.82, 2.24) is 9.97 Å². The molecule has 1 N–H and O–H groups in total. The molecular weight excluding hydrogens is 346 g/mol. The van der Waals surface area contributed by atoms with E-state index in [0.29, 0.717) is 29.0 Å². The van der Waals surface area contributed by atoms with Crippen LogP contribution in [0, 0.1) is 6.92 Å². The number of rotatable bonds is 6. The van der Waals surface area contributed by atoms with Gasteiger partial charge in [0.25, 0.3) is 5.91 Å². The van der Waals surface area contributed by atoms with Gasteiger partial charge in [0.05, 0.1) is 22.6 Å². The second-order valence-electron chi connectivity index (χ2n) is 6.23. The lowest BCUT2D eigenvalue weighted by atomic mass is 10.2. The van der Waals surface area contributed by atoms with Gasteiger partial charge in [-0.05, 0) is 18.6 Å². The molecule has 3 aromatic rings. The third kappa shape index (κ3) is 4.46. The van der Waals surface area contributed by atoms with E-state index in [2.05, 4.69) is 29.1 Å². The van der Waals surface area contributed by atoms with Crippen molar-refractivity contribution in [2.75, 3.05) is 5.32 Å². The molecule has 0 aliphatic carbocycles. The molecule has 0 unspecified atom stereocenters. The lowest BCUT2D eigenvalue weighted by molar-refractivity contribution is 0.102. The van der Waals surface area contributed by atoms with Crippen LogP contribution in [-0.2, 0) is 6.61 Å². The van der Waals surface area contributed by atoms with Crippen molar-refractivity contribution in [3.05, 3.63) is 69.8 Å². The molecule has 0 aliphatic heterocycles. The highest BCUT2D eigenvalue weighted by molar-refractivity contribution is 7.14. The Morgan fingerprint density at radius 1 is 1.19 bits per heavy atom. The minimum absolute atomic E-state index is 0.161. The number of hydrogen-bond donors (Lipinski definition) is 1. The van der Waals surface area contributed by atoms with Crippen molar-refractivity contribution in [3.8, 4) is 5.88 Å². The zero-order valence-corrected chi connectivity index (χ0v) is 15.8. The summed E-state index contributed by atoms with van der Waals surface area (Å²) in [5, 5.41) is 3.83. The Bertz CT molecular complexity index is 874. The summed E-state index contributed by atoms with van der Waals surface area (Å²) < 4.78 is 5.65. The topological polar surface area (TPSA) is 64.1 Å². The molecule has 0 saturated heterocycles. The number of benzene rings is 1. The molecule has 0 saturated carbocycles. The van der Waals surface area contributed by atoms with E-state index in [4.69, 9.17) is 4.74 Å². The average Bonchev–Trinajstić information content (AvgIpc) is 3.04. The molecular formula is C20H21N3O2S. The predicted octanol–water partition coefficient (Wildman–Crippen LogP) is 4.80. The zero-order chi connectivity index (χ0) is 18.5. The zero-order valence-electron chi connectivity index (χ0n) is 15.0. The van der Waals surface area contributed by atoms with Crippen LogP contribution in [0.1, 0.15) is 45.7 Å². The fourth-order valence-corrected chi connectivity index (χ4v) is 3.30. The summed E-state index contributed by atoms with van der Waals surface area (Å²) in [6.45, 7) is 6.45. The third-order valence-electron chi connectivity index (χ3n) is 3.74. The van der Waals surface area contributed by atoms with E-state index in [9.17, 15) is 4.79 Å². The Morgan fingerprint density at radius 2 is 1.96 bits per heavy atom. The standard InChI is InChI=1S/C20H21N3O2S/c1-13(2)20-22-14(3)18(26-20)19(24)23-16-9-10-17(21-11-16)25-12-15-7-5-4-6-8-15/h4-11,13H,12H2,1-3H3,(H,23,24). The highest BCUT2D eigenvalue weighted by Crippen LogP contribution is 2.25. The maximum atomic E-state index is 12.5. The number of anilines is 1. The van der Waals surface area contributed by atoms with Gasteiger partial charge in [0.1, 0.15) is 11.5 Å². The van der Waals surface area contributed by atoms with Crippen molar-refractivity contribution >= 4 is 22.9 Å². The van der Waals surface area contributed by atoms with Gasteiger partial charge in [-0.2, -0.15) is 0 Å². The first-order valence-corrected chi connectivity index (χ1v) is 9.26. The lowest BCUT2D eigenvalue weighted by Crippen LogP contribution is -2.11. The molecule has 0 bridgehead atoms. The van der Waals surface area contributed by atoms with Crippen molar-refractivity contribution in [1.29, 1.82) is 0 Å². The first kappa shape index (κ1) is 18.1. The van der Waals surface area contributed by atoms with Gasteiger partial charge in [-0.25, -0.2) is 9.97 Å². The number of aromatic nitrogens is 2. The second-order valence-corrected chi connectivity index (χ2v) is 7.27. The molecule has 26 heavy (non-hydrogen) atoms. The molecule has 3 rings (SSSR count). The van der Waals surface area contributed by atoms with Gasteiger partial charge < -0.3 is 10.1 Å². The summed E-state index contributed by atoms with van der Waals surface area (Å²) >= 11 is 1.44. The van der Waals surface area contributed by atoms with Crippen LogP contribution in [0.15, 0.2) is 48.7 Å². The minimum Gasteiger partial charge on any atom is -0.473 e. The number of carbonyl (C=O) groups is 1. The van der Waals surface area contributed by atoms with Crippen LogP contribution in [0.25, 0.3) is 0 Å². The monoisotopic (exact) mass is 367 g/mol. The van der Waals surface area contributed by atoms with Gasteiger partial charge >= 0.3 is 0 Å². The predicted molar refractivity (Wildman–Crippen MR) is 104 cm³/mol. The Hall–Kier alpha value is -2.73. The van der Waals surface area contributed by atoms with E-state index in [0.717, 1.165) is 16.3 Å². The number of amides is 1. The first-order valence-electron chi connectivity index (χ1n) is 8.44. The molecule has 2 heterocycles. The summed E-state index contributed by atoms with van der Waals surface area (Å²) in [7, 11) is 0. The number of ether oxygens (including phenoxy) is 1. The van der Waals surface area contributed by atoms with Gasteiger partial charge in [-0.1, -0.05) is 44.2 Å². The molecule has 5 nitrogen and oxygen atoms in total. The molecule has 2 aromatic heterocycles. The van der Waals surface area contributed by atoms with E-state index in [-0.39, 0.29) is 5.91 Å². The minimum atomic E-state index is -0.161. The van der Waals surface area contributed by atoms with E-state index in [1.807, 2.05) is 37.3 Å². The number of pyridine rings is 1. The van der Waals surface area contributed by atoms with E-state index in [1.54, 1.807) is 18.3 Å². The highest BCUT2D eigenvalue weighted by Gasteiger charge is 2.17. The van der Waals surface area contributed by atoms with Crippen LogP contribution in [0.4, 0.5) is 5.69 Å². The molecule has 0 atom stereocenters. The van der Waals surface area contributed by atoms with Crippen molar-refractivity contribution in [2.24, 2.45) is 0 Å². The van der Waals surface area contributed by atoms with Crippen LogP contribution in [0.3, 0.4) is 0 Å². The quantitative estimate of drug-likeness (QED) is 0.679. The SMILES string of the molecule is Cc1nc(C(C)C)sc1C(=O)Nc1ccc(OCc2ccccc2)nc1. The van der Waals surface area contributed by atoms with Gasteiger partial charge in [0, 0.05) is 12.0 Å². The molecule has 0 spiro atoms. The highest BCUT2D eigenvalue weighted by atomic mass is 32.1. The number of nitrogens with one attached hydrogen (secondary N) is 1. The van der Waals surface area contributed by atoms with Crippen LogP contribution in [0.5, 0.6) is 5.88 Å². The molecule has 1 aromatic carbocycles. The normalized spacial score (nSPS) is 10.8. The summed E-state index contributed by atoms with van der Waals surface area (Å²) in [6, 6.07) is 13.4. The van der Waals surface area contributed by atoms with E-state index in [1.165, 1.54) is 11.3 Å². The van der Waals surface area contributed by atoms with Crippen LogP contribution >= 0.6 is 11.3 Å². The van der Waals surface area contributed by atoms with Crippen LogP contribution in [-0.4, -0.2) is 15.9 Å². The number of aryl methyl sites for hydroxylation is 1. The Morgan fingerprint density at radius 3 is 2.58 bits per heavy atom. The van der Waals surface area contributed by atoms with Crippen molar-refractivity contribution in [3.63, 3.8) is 0 Å². The van der Waals surface area contributed by atoms with Gasteiger partial charge in [-0.15, -0.1) is 11.3 Å². The maximum Gasteiger partial charge on any atom is 0.267 e. The largest absolute Gasteiger partial charge is 0.473 e. The maximum absolute atomic E-state index is 12.5. The summed E-state index contributed by atoms with van der Waals surface area (Å²) in [6.07, 6.45) is 1.60. The van der Waals surface area contributed by atoms with Crippen molar-refractivity contribution < 1.29 is 9.53 Å². The van der Waals surface area contributed by atoms with Gasteiger partial charge in [0.2, 0.25) is 5.88 Å². The number of hydrogen-bond acceptors (Lipinski definition) is 5. The first-order chi connectivity index (χ1) is 12.5. The number of carbonyl (C=O) groups excluding carboxylic acids is 1. The summed E-state index contributed by atoms with van der Waals surface area (Å²) in [4.78, 5) is 21.8. The second kappa shape index (κ2) is 8.10. The van der Waals surface area contributed by atoms with Crippen LogP contribution in [0.2, 0.25) is 0 Å². The van der Waals surface area contributed by atoms with E-state index < -0.39 is 0 Å². The summed E-state index contributed by atoms with van der Waals surface area (Å²) in [5.74, 6) is 0.664. The smallest absolute Gasteiger partial charge is 0.267 e. The Labute approximate surface area is 157 Å². The van der Waals surface area contributed by atoms with Gasteiger partial charge in [-0.3, -0.25) is 4.79 Å². The molecule has 1 amide bonds. The summed E-state index contributed by atoms with van der Waals surface area (Å²) in [5.41, 5.74) is 2.46. The van der Waals surface area contributed by atoms with Crippen LogP contribution < -0.4 is 10.1 Å². The van der Waals surface area contributed by atoms with Crippen molar-refractivity contribution in [2.45, 2.75) is 33.3 Å². The molecule has 6 heteroatoms. The fourth-order valence-electron chi connectivity index (χ4n) is 2.33. The molecule has 0 radical (unpaired) electrons. The lowest BCUT2D eigenvalue weighted by Gasteiger charge is -2.07.